The van der Waals surface area contributed by atoms with Crippen molar-refractivity contribution < 1.29 is 14.3 Å². The summed E-state index contributed by atoms with van der Waals surface area (Å²) in [4.78, 5) is 20.2. The molecule has 1 saturated heterocycles. The molecule has 1 aliphatic rings. The first-order valence-electron chi connectivity index (χ1n) is 9.84. The number of hydrogen-bond donors (Lipinski definition) is 0. The molecular formula is C20H31N5O3. The second kappa shape index (κ2) is 10.8. The number of benzene rings is 1. The standard InChI is InChI=1S/C20H31N5O3/c1-5-25-12-8-10-18(25)24(2)20(26)16-13-15(9-6-7-11-22-23-21)14-17(27-3)19(16)28-4/h13-14,18H,5-12H2,1-4H3. The minimum Gasteiger partial charge on any atom is -0.493 e. The van der Waals surface area contributed by atoms with Crippen LogP contribution >= 0.6 is 0 Å². The fourth-order valence-corrected chi connectivity index (χ4v) is 3.82. The molecular weight excluding hydrogens is 358 g/mol. The van der Waals surface area contributed by atoms with E-state index in [9.17, 15) is 4.79 Å². The van der Waals surface area contributed by atoms with Crippen LogP contribution < -0.4 is 9.47 Å². The van der Waals surface area contributed by atoms with Crippen molar-refractivity contribution in [1.29, 1.82) is 0 Å². The van der Waals surface area contributed by atoms with Crippen molar-refractivity contribution in [1.82, 2.24) is 9.80 Å². The third-order valence-electron chi connectivity index (χ3n) is 5.31. The number of unbranched alkanes of at least 4 members (excludes halogenated alkanes) is 1. The van der Waals surface area contributed by atoms with Crippen LogP contribution in [0.2, 0.25) is 0 Å². The van der Waals surface area contributed by atoms with Gasteiger partial charge in [0.15, 0.2) is 11.5 Å². The normalized spacial score (nSPS) is 16.5. The Bertz CT molecular complexity index is 718. The molecule has 1 aromatic carbocycles. The Hall–Kier alpha value is -2.44. The average Bonchev–Trinajstić information content (AvgIpc) is 3.20. The number of nitrogens with zero attached hydrogens (tertiary/aromatic N) is 5. The van der Waals surface area contributed by atoms with Crippen LogP contribution in [-0.4, -0.2) is 62.8 Å². The molecule has 1 atom stereocenters. The van der Waals surface area contributed by atoms with Gasteiger partial charge in [-0.2, -0.15) is 0 Å². The summed E-state index contributed by atoms with van der Waals surface area (Å²) in [6.45, 7) is 4.54. The Morgan fingerprint density at radius 3 is 2.79 bits per heavy atom. The third-order valence-corrected chi connectivity index (χ3v) is 5.31. The van der Waals surface area contributed by atoms with Crippen molar-refractivity contribution in [3.05, 3.63) is 33.7 Å². The molecule has 0 bridgehead atoms. The lowest BCUT2D eigenvalue weighted by Crippen LogP contribution is -2.45. The molecule has 1 aromatic rings. The van der Waals surface area contributed by atoms with E-state index in [4.69, 9.17) is 15.0 Å². The lowest BCUT2D eigenvalue weighted by atomic mass is 10.0. The number of carbonyl (C=O) groups is 1. The van der Waals surface area contributed by atoms with Gasteiger partial charge in [0.2, 0.25) is 0 Å². The maximum Gasteiger partial charge on any atom is 0.258 e. The molecule has 2 rings (SSSR count). The van der Waals surface area contributed by atoms with Gasteiger partial charge >= 0.3 is 0 Å². The van der Waals surface area contributed by atoms with E-state index in [0.717, 1.165) is 50.8 Å². The summed E-state index contributed by atoms with van der Waals surface area (Å²) in [7, 11) is 5.00. The number of rotatable bonds is 10. The predicted octanol–water partition coefficient (Wildman–Crippen LogP) is 3.85. The van der Waals surface area contributed by atoms with Crippen molar-refractivity contribution in [3.8, 4) is 11.5 Å². The number of carbonyl (C=O) groups excluding carboxylic acids is 1. The van der Waals surface area contributed by atoms with Gasteiger partial charge in [0, 0.05) is 25.0 Å². The molecule has 1 unspecified atom stereocenters. The van der Waals surface area contributed by atoms with Crippen LogP contribution in [-0.2, 0) is 6.42 Å². The Balaban J connectivity index is 2.25. The second-order valence-electron chi connectivity index (χ2n) is 6.96. The minimum atomic E-state index is -0.0589. The molecule has 1 amide bonds. The first kappa shape index (κ1) is 21.9. The summed E-state index contributed by atoms with van der Waals surface area (Å²) in [6, 6.07) is 3.82. The molecule has 0 radical (unpaired) electrons. The lowest BCUT2D eigenvalue weighted by molar-refractivity contribution is 0.0543. The first-order valence-corrected chi connectivity index (χ1v) is 9.84. The molecule has 1 fully saturated rings. The predicted molar refractivity (Wildman–Crippen MR) is 109 cm³/mol. The molecule has 0 saturated carbocycles. The Morgan fingerprint density at radius 1 is 1.36 bits per heavy atom. The molecule has 0 aliphatic carbocycles. The van der Waals surface area contributed by atoms with E-state index in [1.54, 1.807) is 14.2 Å². The minimum absolute atomic E-state index is 0.0589. The van der Waals surface area contributed by atoms with Crippen LogP contribution in [0, 0.1) is 0 Å². The largest absolute Gasteiger partial charge is 0.493 e. The smallest absolute Gasteiger partial charge is 0.258 e. The van der Waals surface area contributed by atoms with Crippen molar-refractivity contribution in [3.63, 3.8) is 0 Å². The molecule has 1 aliphatic heterocycles. The Kier molecular flexibility index (Phi) is 8.42. The van der Waals surface area contributed by atoms with Crippen LogP contribution in [0.3, 0.4) is 0 Å². The fraction of sp³-hybridized carbons (Fsp3) is 0.650. The van der Waals surface area contributed by atoms with E-state index >= 15 is 0 Å². The molecule has 28 heavy (non-hydrogen) atoms. The first-order chi connectivity index (χ1) is 13.6. The summed E-state index contributed by atoms with van der Waals surface area (Å²) in [5.74, 6) is 0.972. The fourth-order valence-electron chi connectivity index (χ4n) is 3.82. The van der Waals surface area contributed by atoms with Gasteiger partial charge < -0.3 is 14.4 Å². The molecule has 0 aromatic heterocycles. The van der Waals surface area contributed by atoms with E-state index in [1.165, 1.54) is 0 Å². The zero-order chi connectivity index (χ0) is 20.5. The van der Waals surface area contributed by atoms with Gasteiger partial charge in [-0.1, -0.05) is 12.0 Å². The summed E-state index contributed by atoms with van der Waals surface area (Å²) in [5, 5.41) is 3.56. The van der Waals surface area contributed by atoms with Gasteiger partial charge in [-0.15, -0.1) is 0 Å². The van der Waals surface area contributed by atoms with E-state index in [0.29, 0.717) is 23.6 Å². The quantitative estimate of drug-likeness (QED) is 0.263. The Morgan fingerprint density at radius 2 is 2.14 bits per heavy atom. The molecule has 0 spiro atoms. The zero-order valence-electron chi connectivity index (χ0n) is 17.3. The van der Waals surface area contributed by atoms with Crippen LogP contribution in [0.5, 0.6) is 11.5 Å². The molecule has 0 N–H and O–H groups in total. The van der Waals surface area contributed by atoms with Gasteiger partial charge in [-0.05, 0) is 61.9 Å². The highest BCUT2D eigenvalue weighted by molar-refractivity contribution is 5.98. The van der Waals surface area contributed by atoms with E-state index < -0.39 is 0 Å². The van der Waals surface area contributed by atoms with E-state index in [1.807, 2.05) is 24.1 Å². The zero-order valence-corrected chi connectivity index (χ0v) is 17.3. The van der Waals surface area contributed by atoms with Gasteiger partial charge in [-0.25, -0.2) is 0 Å². The van der Waals surface area contributed by atoms with E-state index in [-0.39, 0.29) is 12.1 Å². The number of methoxy groups -OCH3 is 2. The summed E-state index contributed by atoms with van der Waals surface area (Å²) in [5.41, 5.74) is 9.90. The SMILES string of the molecule is CCN1CCCC1N(C)C(=O)c1cc(CCCCN=[N+]=[N-])cc(OC)c1OC. The molecule has 154 valence electrons. The highest BCUT2D eigenvalue weighted by Gasteiger charge is 2.31. The summed E-state index contributed by atoms with van der Waals surface area (Å²) < 4.78 is 11.0. The number of aryl methyl sites for hydroxylation is 1. The maximum absolute atomic E-state index is 13.3. The molecule has 8 nitrogen and oxygen atoms in total. The highest BCUT2D eigenvalue weighted by Crippen LogP contribution is 2.35. The topological polar surface area (TPSA) is 90.8 Å². The monoisotopic (exact) mass is 389 g/mol. The van der Waals surface area contributed by atoms with Crippen molar-refractivity contribution in [2.75, 3.05) is 40.9 Å². The summed E-state index contributed by atoms with van der Waals surface area (Å²) in [6.07, 6.45) is 4.63. The highest BCUT2D eigenvalue weighted by atomic mass is 16.5. The van der Waals surface area contributed by atoms with Crippen molar-refractivity contribution >= 4 is 5.91 Å². The lowest BCUT2D eigenvalue weighted by Gasteiger charge is -2.32. The Labute approximate surface area is 167 Å². The third kappa shape index (κ3) is 5.09. The van der Waals surface area contributed by atoms with E-state index in [2.05, 4.69) is 21.8 Å². The number of likely N-dealkylation sites (tertiary alicyclic amines) is 1. The average molecular weight is 390 g/mol. The van der Waals surface area contributed by atoms with Gasteiger partial charge in [0.05, 0.1) is 25.9 Å². The second-order valence-corrected chi connectivity index (χ2v) is 6.96. The summed E-state index contributed by atoms with van der Waals surface area (Å²) >= 11 is 0. The van der Waals surface area contributed by atoms with Crippen LogP contribution in [0.4, 0.5) is 0 Å². The maximum atomic E-state index is 13.3. The van der Waals surface area contributed by atoms with Gasteiger partial charge in [0.25, 0.3) is 5.91 Å². The van der Waals surface area contributed by atoms with Gasteiger partial charge in [0.1, 0.15) is 0 Å². The molecule has 8 heteroatoms. The molecule has 1 heterocycles. The van der Waals surface area contributed by atoms with Crippen LogP contribution in [0.25, 0.3) is 10.4 Å². The van der Waals surface area contributed by atoms with Crippen LogP contribution in [0.1, 0.15) is 48.5 Å². The number of azide groups is 1. The van der Waals surface area contributed by atoms with Crippen molar-refractivity contribution in [2.24, 2.45) is 5.11 Å². The number of amides is 1. The van der Waals surface area contributed by atoms with Crippen LogP contribution in [0.15, 0.2) is 17.2 Å². The van der Waals surface area contributed by atoms with Gasteiger partial charge in [-0.3, -0.25) is 9.69 Å². The number of hydrogen-bond acceptors (Lipinski definition) is 5. The van der Waals surface area contributed by atoms with Crippen molar-refractivity contribution in [2.45, 2.75) is 45.2 Å². The number of ether oxygens (including phenoxy) is 2.